The first-order valence-electron chi connectivity index (χ1n) is 8.01. The molecule has 26 heavy (non-hydrogen) atoms. The molecule has 0 saturated heterocycles. The molecule has 0 aromatic carbocycles. The average molecular weight is 410 g/mol. The Kier molecular flexibility index (Phi) is 9.87. The highest BCUT2D eigenvalue weighted by atomic mass is 35.5. The van der Waals surface area contributed by atoms with Crippen molar-refractivity contribution in [1.82, 2.24) is 20.8 Å². The van der Waals surface area contributed by atoms with Gasteiger partial charge < -0.3 is 15.2 Å². The van der Waals surface area contributed by atoms with Crippen molar-refractivity contribution in [3.8, 4) is 6.07 Å². The van der Waals surface area contributed by atoms with E-state index in [0.717, 1.165) is 53.3 Å². The van der Waals surface area contributed by atoms with Gasteiger partial charge in [0.1, 0.15) is 12.1 Å². The maximum Gasteiger partial charge on any atom is 0.124 e. The van der Waals surface area contributed by atoms with Crippen LogP contribution in [0.2, 0.25) is 5.02 Å². The van der Waals surface area contributed by atoms with Crippen LogP contribution in [0.1, 0.15) is 11.4 Å². The second-order valence-corrected chi connectivity index (χ2v) is 7.69. The SMILES string of the molecule is N#CC=C(NCCSCc1ccon1)NCCSCc1ncccc1Cl. The Bertz CT molecular complexity index is 718. The van der Waals surface area contributed by atoms with Gasteiger partial charge in [-0.25, -0.2) is 0 Å². The predicted octanol–water partition coefficient (Wildman–Crippen LogP) is 3.43. The lowest BCUT2D eigenvalue weighted by atomic mass is 10.4. The normalized spacial score (nSPS) is 11.2. The predicted molar refractivity (Wildman–Crippen MR) is 108 cm³/mol. The minimum absolute atomic E-state index is 0.697. The number of allylic oxidation sites excluding steroid dienone is 1. The molecule has 9 heteroatoms. The summed E-state index contributed by atoms with van der Waals surface area (Å²) < 4.78 is 4.79. The number of thioether (sulfide) groups is 2. The fraction of sp³-hybridized carbons (Fsp3) is 0.353. The Labute approximate surface area is 166 Å². The summed E-state index contributed by atoms with van der Waals surface area (Å²) >= 11 is 9.59. The van der Waals surface area contributed by atoms with Gasteiger partial charge in [0.25, 0.3) is 0 Å². The second kappa shape index (κ2) is 12.5. The maximum atomic E-state index is 8.89. The number of nitrogens with zero attached hydrogens (tertiary/aromatic N) is 3. The Morgan fingerprint density at radius 2 is 2.00 bits per heavy atom. The fourth-order valence-electron chi connectivity index (χ4n) is 1.93. The molecule has 0 aliphatic carbocycles. The summed E-state index contributed by atoms with van der Waals surface area (Å²) in [5, 5.41) is 19.9. The van der Waals surface area contributed by atoms with Crippen molar-refractivity contribution in [2.45, 2.75) is 11.5 Å². The van der Waals surface area contributed by atoms with Gasteiger partial charge in [0, 0.05) is 48.4 Å². The molecular weight excluding hydrogens is 390 g/mol. The van der Waals surface area contributed by atoms with Gasteiger partial charge in [-0.2, -0.15) is 28.8 Å². The van der Waals surface area contributed by atoms with Crippen LogP contribution in [0, 0.1) is 11.3 Å². The van der Waals surface area contributed by atoms with Crippen molar-refractivity contribution in [2.75, 3.05) is 24.6 Å². The van der Waals surface area contributed by atoms with Crippen LogP contribution in [0.4, 0.5) is 0 Å². The summed E-state index contributed by atoms with van der Waals surface area (Å²) in [6.45, 7) is 1.52. The molecule has 0 unspecified atom stereocenters. The van der Waals surface area contributed by atoms with E-state index >= 15 is 0 Å². The first kappa shape index (κ1) is 20.5. The quantitative estimate of drug-likeness (QED) is 0.407. The van der Waals surface area contributed by atoms with Gasteiger partial charge in [-0.05, 0) is 12.1 Å². The van der Waals surface area contributed by atoms with Gasteiger partial charge in [-0.15, -0.1) is 0 Å². The van der Waals surface area contributed by atoms with Crippen molar-refractivity contribution in [3.63, 3.8) is 0 Å². The Morgan fingerprint density at radius 3 is 2.65 bits per heavy atom. The number of hydrogen-bond donors (Lipinski definition) is 2. The van der Waals surface area contributed by atoms with Gasteiger partial charge in [0.15, 0.2) is 0 Å². The van der Waals surface area contributed by atoms with E-state index in [1.807, 2.05) is 18.2 Å². The molecule has 0 spiro atoms. The second-order valence-electron chi connectivity index (χ2n) is 5.07. The van der Waals surface area contributed by atoms with E-state index in [4.69, 9.17) is 21.4 Å². The molecule has 0 amide bonds. The van der Waals surface area contributed by atoms with E-state index in [2.05, 4.69) is 26.8 Å². The third-order valence-corrected chi connectivity index (χ3v) is 5.45. The zero-order chi connectivity index (χ0) is 18.5. The van der Waals surface area contributed by atoms with Crippen LogP contribution < -0.4 is 10.6 Å². The van der Waals surface area contributed by atoms with Gasteiger partial charge >= 0.3 is 0 Å². The van der Waals surface area contributed by atoms with Gasteiger partial charge in [-0.3, -0.25) is 4.98 Å². The topological polar surface area (TPSA) is 86.8 Å². The molecule has 0 aliphatic heterocycles. The minimum atomic E-state index is 0.697. The van der Waals surface area contributed by atoms with Gasteiger partial charge in [0.2, 0.25) is 0 Å². The van der Waals surface area contributed by atoms with Crippen molar-refractivity contribution in [3.05, 3.63) is 59.0 Å². The van der Waals surface area contributed by atoms with Crippen LogP contribution >= 0.6 is 35.1 Å². The molecule has 0 atom stereocenters. The molecule has 6 nitrogen and oxygen atoms in total. The number of hydrogen-bond acceptors (Lipinski definition) is 8. The zero-order valence-electron chi connectivity index (χ0n) is 14.2. The van der Waals surface area contributed by atoms with Crippen molar-refractivity contribution >= 4 is 35.1 Å². The lowest BCUT2D eigenvalue weighted by Crippen LogP contribution is -2.29. The van der Waals surface area contributed by atoms with E-state index in [1.54, 1.807) is 36.0 Å². The molecule has 0 aliphatic rings. The molecule has 0 saturated carbocycles. The smallest absolute Gasteiger partial charge is 0.124 e. The Hall–Kier alpha value is -1.82. The number of halogens is 1. The van der Waals surface area contributed by atoms with E-state index < -0.39 is 0 Å². The Balaban J connectivity index is 1.57. The summed E-state index contributed by atoms with van der Waals surface area (Å²) in [6, 6.07) is 7.59. The molecule has 2 aromatic heterocycles. The van der Waals surface area contributed by atoms with Crippen LogP contribution in [0.3, 0.4) is 0 Å². The third kappa shape index (κ3) is 8.04. The first-order valence-corrected chi connectivity index (χ1v) is 10.7. The summed E-state index contributed by atoms with van der Waals surface area (Å²) in [5.41, 5.74) is 1.83. The number of pyridine rings is 1. The fourth-order valence-corrected chi connectivity index (χ4v) is 3.76. The summed E-state index contributed by atoms with van der Waals surface area (Å²) in [5.74, 6) is 4.12. The lowest BCUT2D eigenvalue weighted by molar-refractivity contribution is 0.414. The molecular formula is C17H20ClN5OS2. The lowest BCUT2D eigenvalue weighted by Gasteiger charge is -2.12. The largest absolute Gasteiger partial charge is 0.370 e. The molecule has 138 valence electrons. The number of aromatic nitrogens is 2. The molecule has 2 N–H and O–H groups in total. The first-order chi connectivity index (χ1) is 12.8. The van der Waals surface area contributed by atoms with Gasteiger partial charge in [-0.1, -0.05) is 16.8 Å². The molecule has 0 radical (unpaired) electrons. The van der Waals surface area contributed by atoms with Crippen molar-refractivity contribution in [2.24, 2.45) is 0 Å². The molecule has 0 bridgehead atoms. The summed E-state index contributed by atoms with van der Waals surface area (Å²) in [7, 11) is 0. The molecule has 2 heterocycles. The van der Waals surface area contributed by atoms with E-state index in [9.17, 15) is 0 Å². The average Bonchev–Trinajstić information content (AvgIpc) is 3.16. The highest BCUT2D eigenvalue weighted by molar-refractivity contribution is 7.98. The molecule has 0 fully saturated rings. The number of nitriles is 1. The number of rotatable bonds is 12. The highest BCUT2D eigenvalue weighted by Crippen LogP contribution is 2.18. The molecule has 2 rings (SSSR count). The standard InChI is InChI=1S/C17H20ClN5OS2/c18-15-2-1-6-20-16(15)13-26-11-8-22-17(3-5-19)21-7-10-25-12-14-4-9-24-23-14/h1-4,6,9,21-22H,7-8,10-13H2. The van der Waals surface area contributed by atoms with Crippen LogP contribution in [0.25, 0.3) is 0 Å². The highest BCUT2D eigenvalue weighted by Gasteiger charge is 2.02. The van der Waals surface area contributed by atoms with E-state index in [1.165, 1.54) is 6.08 Å². The van der Waals surface area contributed by atoms with E-state index in [0.29, 0.717) is 5.02 Å². The van der Waals surface area contributed by atoms with Crippen LogP contribution in [0.5, 0.6) is 0 Å². The maximum absolute atomic E-state index is 8.89. The third-order valence-electron chi connectivity index (χ3n) is 3.15. The van der Waals surface area contributed by atoms with E-state index in [-0.39, 0.29) is 0 Å². The minimum Gasteiger partial charge on any atom is -0.370 e. The van der Waals surface area contributed by atoms with Crippen molar-refractivity contribution < 1.29 is 4.52 Å². The summed E-state index contributed by atoms with van der Waals surface area (Å²) in [6.07, 6.45) is 4.81. The Morgan fingerprint density at radius 1 is 1.23 bits per heavy atom. The van der Waals surface area contributed by atoms with Crippen LogP contribution in [0.15, 0.2) is 47.1 Å². The monoisotopic (exact) mass is 409 g/mol. The van der Waals surface area contributed by atoms with Crippen molar-refractivity contribution in [1.29, 1.82) is 5.26 Å². The van der Waals surface area contributed by atoms with Crippen LogP contribution in [-0.4, -0.2) is 34.7 Å². The molecule has 2 aromatic rings. The van der Waals surface area contributed by atoms with Gasteiger partial charge in [0.05, 0.1) is 28.6 Å². The number of nitrogens with one attached hydrogen (secondary N) is 2. The summed E-state index contributed by atoms with van der Waals surface area (Å²) in [4.78, 5) is 4.26. The van der Waals surface area contributed by atoms with Crippen LogP contribution in [-0.2, 0) is 11.5 Å². The zero-order valence-corrected chi connectivity index (χ0v) is 16.5.